The van der Waals surface area contributed by atoms with Crippen molar-refractivity contribution in [2.24, 2.45) is 0 Å². The second-order valence-corrected chi connectivity index (χ2v) is 12.4. The normalized spacial score (nSPS) is 23.8. The zero-order valence-corrected chi connectivity index (χ0v) is 27.7. The van der Waals surface area contributed by atoms with Crippen molar-refractivity contribution in [1.82, 2.24) is 5.32 Å². The fraction of sp³-hybridized carbons (Fsp3) is 0.857. The number of nitrogens with one attached hydrogen (secondary N) is 1. The molecule has 44 heavy (non-hydrogen) atoms. The van der Waals surface area contributed by atoms with Crippen LogP contribution in [0, 0.1) is 0 Å². The summed E-state index contributed by atoms with van der Waals surface area (Å²) in [5, 5.41) is 52.5. The van der Waals surface area contributed by atoms with Gasteiger partial charge in [-0.2, -0.15) is 0 Å². The number of rotatable bonds is 27. The standard InChI is InChI=1S/C35H65NO8/c1-3-4-5-6-7-8-9-10-11-12-13-14-15-16-17-18-19-20-21-22-23-24-25-30(39)29(36-28(2)38)27-43-35-34(42)33(41)32(40)31(26-37)44-35/h20-21,24-25,29-35,37,39-42H,3-19,22-23,26-27H2,1-2H3,(H,36,38)/b21-20+,25-24+. The van der Waals surface area contributed by atoms with Crippen LogP contribution in [0.2, 0.25) is 0 Å². The van der Waals surface area contributed by atoms with Crippen molar-refractivity contribution in [3.8, 4) is 0 Å². The fourth-order valence-corrected chi connectivity index (χ4v) is 5.50. The highest BCUT2D eigenvalue weighted by Gasteiger charge is 2.44. The van der Waals surface area contributed by atoms with Gasteiger partial charge in [-0.05, 0) is 25.7 Å². The predicted octanol–water partition coefficient (Wildman–Crippen LogP) is 5.21. The molecule has 0 aromatic carbocycles. The maximum atomic E-state index is 11.6. The maximum Gasteiger partial charge on any atom is 0.217 e. The quantitative estimate of drug-likeness (QED) is 0.0537. The second kappa shape index (κ2) is 26.8. The summed E-state index contributed by atoms with van der Waals surface area (Å²) in [7, 11) is 0. The first-order valence-corrected chi connectivity index (χ1v) is 17.5. The number of unbranched alkanes of at least 4 members (excludes halogenated alkanes) is 17. The molecule has 9 nitrogen and oxygen atoms in total. The average Bonchev–Trinajstić information content (AvgIpc) is 3.01. The molecule has 1 rings (SSSR count). The molecule has 1 fully saturated rings. The summed E-state index contributed by atoms with van der Waals surface area (Å²) >= 11 is 0. The van der Waals surface area contributed by atoms with Gasteiger partial charge < -0.3 is 40.3 Å². The van der Waals surface area contributed by atoms with Crippen molar-refractivity contribution in [3.63, 3.8) is 0 Å². The van der Waals surface area contributed by atoms with Gasteiger partial charge in [0.2, 0.25) is 5.91 Å². The molecule has 1 aliphatic rings. The van der Waals surface area contributed by atoms with Gasteiger partial charge in [-0.15, -0.1) is 0 Å². The number of aliphatic hydroxyl groups excluding tert-OH is 5. The summed E-state index contributed by atoms with van der Waals surface area (Å²) < 4.78 is 10.8. The summed E-state index contributed by atoms with van der Waals surface area (Å²) in [6.07, 6.45) is 24.4. The van der Waals surface area contributed by atoms with Crippen LogP contribution in [0.5, 0.6) is 0 Å². The van der Waals surface area contributed by atoms with Crippen molar-refractivity contribution in [2.45, 2.75) is 179 Å². The maximum absolute atomic E-state index is 11.6. The molecule has 7 unspecified atom stereocenters. The molecule has 1 saturated heterocycles. The summed E-state index contributed by atoms with van der Waals surface area (Å²) in [5.41, 5.74) is 0. The van der Waals surface area contributed by atoms with Crippen molar-refractivity contribution in [1.29, 1.82) is 0 Å². The molecule has 258 valence electrons. The third-order valence-electron chi connectivity index (χ3n) is 8.31. The van der Waals surface area contributed by atoms with Gasteiger partial charge in [0, 0.05) is 6.92 Å². The Morgan fingerprint density at radius 3 is 1.77 bits per heavy atom. The van der Waals surface area contributed by atoms with Crippen molar-refractivity contribution >= 4 is 5.91 Å². The predicted molar refractivity (Wildman–Crippen MR) is 175 cm³/mol. The van der Waals surface area contributed by atoms with Crippen LogP contribution < -0.4 is 5.32 Å². The molecule has 0 aliphatic carbocycles. The Kier molecular flexibility index (Phi) is 24.8. The number of hydrogen-bond donors (Lipinski definition) is 6. The molecular formula is C35H65NO8. The van der Waals surface area contributed by atoms with Crippen LogP contribution in [0.4, 0.5) is 0 Å². The van der Waals surface area contributed by atoms with Crippen LogP contribution >= 0.6 is 0 Å². The Hall–Kier alpha value is -1.33. The van der Waals surface area contributed by atoms with Gasteiger partial charge in [-0.25, -0.2) is 0 Å². The van der Waals surface area contributed by atoms with Gasteiger partial charge >= 0.3 is 0 Å². The molecule has 0 saturated carbocycles. The van der Waals surface area contributed by atoms with Crippen LogP contribution in [0.15, 0.2) is 24.3 Å². The van der Waals surface area contributed by atoms with Gasteiger partial charge in [0.25, 0.3) is 0 Å². The van der Waals surface area contributed by atoms with Gasteiger partial charge in [-0.3, -0.25) is 4.79 Å². The Labute approximate surface area is 267 Å². The molecular weight excluding hydrogens is 562 g/mol. The van der Waals surface area contributed by atoms with Gasteiger partial charge in [0.1, 0.15) is 24.4 Å². The minimum absolute atomic E-state index is 0.215. The van der Waals surface area contributed by atoms with Crippen LogP contribution in [-0.4, -0.2) is 87.5 Å². The van der Waals surface area contributed by atoms with Gasteiger partial charge in [0.15, 0.2) is 6.29 Å². The topological polar surface area (TPSA) is 149 Å². The van der Waals surface area contributed by atoms with E-state index in [0.717, 1.165) is 19.3 Å². The Balaban J connectivity index is 2.10. The Morgan fingerprint density at radius 2 is 1.25 bits per heavy atom. The first-order valence-electron chi connectivity index (χ1n) is 17.5. The average molecular weight is 628 g/mol. The number of allylic oxidation sites excluding steroid dienone is 3. The first kappa shape index (κ1) is 40.7. The zero-order chi connectivity index (χ0) is 32.4. The third kappa shape index (κ3) is 19.2. The first-order chi connectivity index (χ1) is 21.3. The van der Waals surface area contributed by atoms with Crippen LogP contribution in [0.3, 0.4) is 0 Å². The van der Waals surface area contributed by atoms with Gasteiger partial charge in [-0.1, -0.05) is 128 Å². The molecule has 0 aromatic rings. The van der Waals surface area contributed by atoms with E-state index in [9.17, 15) is 30.3 Å². The van der Waals surface area contributed by atoms with Gasteiger partial charge in [0.05, 0.1) is 25.4 Å². The number of carbonyl (C=O) groups excluding carboxylic acids is 1. The van der Waals surface area contributed by atoms with E-state index in [-0.39, 0.29) is 12.5 Å². The Bertz CT molecular complexity index is 746. The molecule has 0 radical (unpaired) electrons. The van der Waals surface area contributed by atoms with E-state index in [1.165, 1.54) is 110 Å². The monoisotopic (exact) mass is 627 g/mol. The second-order valence-electron chi connectivity index (χ2n) is 12.4. The molecule has 0 bridgehead atoms. The van der Waals surface area contributed by atoms with E-state index in [1.807, 2.05) is 6.08 Å². The molecule has 0 aromatic heterocycles. The molecule has 6 N–H and O–H groups in total. The number of ether oxygens (including phenoxy) is 2. The summed E-state index contributed by atoms with van der Waals surface area (Å²) in [5.74, 6) is -0.364. The van der Waals surface area contributed by atoms with E-state index < -0.39 is 49.5 Å². The summed E-state index contributed by atoms with van der Waals surface area (Å²) in [6, 6.07) is -0.818. The highest BCUT2D eigenvalue weighted by atomic mass is 16.7. The lowest BCUT2D eigenvalue weighted by atomic mass is 9.99. The third-order valence-corrected chi connectivity index (χ3v) is 8.31. The number of amides is 1. The molecule has 1 heterocycles. The number of aliphatic hydroxyl groups is 5. The van der Waals surface area contributed by atoms with E-state index in [1.54, 1.807) is 6.08 Å². The Morgan fingerprint density at radius 1 is 0.750 bits per heavy atom. The SMILES string of the molecule is CCCCCCCCCCCCCCCCCC/C=C/CC/C=C/C(O)C(COC1OC(CO)C(O)C(O)C1O)NC(C)=O. The lowest BCUT2D eigenvalue weighted by Crippen LogP contribution is -2.60. The zero-order valence-electron chi connectivity index (χ0n) is 27.7. The highest BCUT2D eigenvalue weighted by molar-refractivity contribution is 5.73. The molecule has 0 spiro atoms. The molecule has 7 atom stereocenters. The lowest BCUT2D eigenvalue weighted by molar-refractivity contribution is -0.302. The molecule has 1 amide bonds. The fourth-order valence-electron chi connectivity index (χ4n) is 5.50. The minimum atomic E-state index is -1.56. The summed E-state index contributed by atoms with van der Waals surface area (Å²) in [4.78, 5) is 11.6. The van der Waals surface area contributed by atoms with E-state index in [0.29, 0.717) is 0 Å². The largest absolute Gasteiger partial charge is 0.394 e. The van der Waals surface area contributed by atoms with E-state index in [2.05, 4.69) is 24.4 Å². The lowest BCUT2D eigenvalue weighted by Gasteiger charge is -2.40. The van der Waals surface area contributed by atoms with Crippen molar-refractivity contribution in [3.05, 3.63) is 24.3 Å². The van der Waals surface area contributed by atoms with E-state index >= 15 is 0 Å². The summed E-state index contributed by atoms with van der Waals surface area (Å²) in [6.45, 7) is 2.81. The van der Waals surface area contributed by atoms with Crippen LogP contribution in [0.25, 0.3) is 0 Å². The molecule has 1 aliphatic heterocycles. The minimum Gasteiger partial charge on any atom is -0.394 e. The number of carbonyl (C=O) groups is 1. The van der Waals surface area contributed by atoms with E-state index in [4.69, 9.17) is 9.47 Å². The van der Waals surface area contributed by atoms with Crippen LogP contribution in [0.1, 0.15) is 136 Å². The smallest absolute Gasteiger partial charge is 0.217 e. The van der Waals surface area contributed by atoms with Crippen LogP contribution in [-0.2, 0) is 14.3 Å². The highest BCUT2D eigenvalue weighted by Crippen LogP contribution is 2.22. The van der Waals surface area contributed by atoms with Crippen molar-refractivity contribution in [2.75, 3.05) is 13.2 Å². The molecule has 9 heteroatoms. The van der Waals surface area contributed by atoms with Crippen molar-refractivity contribution < 1.29 is 39.8 Å². The number of hydrogen-bond acceptors (Lipinski definition) is 8.